The molecule has 2 saturated heterocycles. The largest absolute Gasteiger partial charge is 0.457 e. The summed E-state index contributed by atoms with van der Waals surface area (Å²) in [5.41, 5.74) is 8.50. The molecule has 0 aliphatic carbocycles. The summed E-state index contributed by atoms with van der Waals surface area (Å²) in [6.45, 7) is 3.62. The van der Waals surface area contributed by atoms with E-state index in [1.807, 2.05) is 30.3 Å². The van der Waals surface area contributed by atoms with Gasteiger partial charge in [0.15, 0.2) is 5.69 Å². The Morgan fingerprint density at radius 3 is 2.37 bits per heavy atom. The predicted octanol–water partition coefficient (Wildman–Crippen LogP) is 3.14. The van der Waals surface area contributed by atoms with Crippen LogP contribution in [0.5, 0.6) is 11.5 Å². The summed E-state index contributed by atoms with van der Waals surface area (Å²) in [6, 6.07) is 20.3. The van der Waals surface area contributed by atoms with E-state index in [2.05, 4.69) is 36.2 Å². The third-order valence-corrected chi connectivity index (χ3v) is 11.3. The quantitative estimate of drug-likeness (QED) is 0.0402. The van der Waals surface area contributed by atoms with Crippen molar-refractivity contribution >= 4 is 52.6 Å². The standard InChI is InChI=1S/C46H50N12O9/c47-40(29-11-13-32(14-12-29)67-31-7-2-1-3-8-31)39-41(48)50-28-51-42(39)52-30-6-5-18-56(26-30)45(62)35-27-57(55-54-35)19-21-65-23-25-66-24-22-64-20-17-49-34-10-4-9-33-38(34)46(63)58(44(33)61)36-15-16-37(59)53-43(36)60/h1-4,7-14,27-28,30,36,47,49H,5-6,15-26H2,(H,53,59,60)(H3,48,50,51,52). The van der Waals surface area contributed by atoms with Crippen molar-refractivity contribution in [3.8, 4) is 11.5 Å². The summed E-state index contributed by atoms with van der Waals surface area (Å²) in [6.07, 6.45) is 4.60. The van der Waals surface area contributed by atoms with Gasteiger partial charge < -0.3 is 40.2 Å². The van der Waals surface area contributed by atoms with Crippen molar-refractivity contribution in [2.75, 3.05) is 75.6 Å². The molecule has 5 heterocycles. The molecule has 5 aromatic rings. The van der Waals surface area contributed by atoms with Crippen LogP contribution in [0, 0.1) is 5.41 Å². The van der Waals surface area contributed by atoms with Gasteiger partial charge in [-0.25, -0.2) is 14.6 Å². The van der Waals surface area contributed by atoms with Gasteiger partial charge >= 0.3 is 0 Å². The third kappa shape index (κ3) is 11.1. The van der Waals surface area contributed by atoms with Gasteiger partial charge in [-0.2, -0.15) is 0 Å². The van der Waals surface area contributed by atoms with Crippen molar-refractivity contribution in [1.82, 2.24) is 40.1 Å². The molecule has 0 spiro atoms. The lowest BCUT2D eigenvalue weighted by atomic mass is 10.0. The van der Waals surface area contributed by atoms with E-state index in [1.165, 1.54) is 6.33 Å². The van der Waals surface area contributed by atoms with E-state index in [9.17, 15) is 24.0 Å². The Balaban J connectivity index is 0.708. The maximum atomic E-state index is 13.5. The number of para-hydroxylation sites is 1. The van der Waals surface area contributed by atoms with Crippen LogP contribution in [0.3, 0.4) is 0 Å². The summed E-state index contributed by atoms with van der Waals surface area (Å²) in [4.78, 5) is 75.0. The molecule has 0 bridgehead atoms. The molecule has 8 rings (SSSR count). The predicted molar refractivity (Wildman–Crippen MR) is 242 cm³/mol. The van der Waals surface area contributed by atoms with E-state index >= 15 is 0 Å². The number of anilines is 3. The molecule has 348 valence electrons. The number of fused-ring (bicyclic) bond motifs is 1. The number of nitrogens with zero attached hydrogens (tertiary/aromatic N) is 7. The van der Waals surface area contributed by atoms with Crippen LogP contribution in [0.4, 0.5) is 17.3 Å². The average Bonchev–Trinajstić information content (AvgIpc) is 3.91. The fraction of sp³-hybridized carbons (Fsp3) is 0.348. The summed E-state index contributed by atoms with van der Waals surface area (Å²) in [5, 5.41) is 26.0. The number of aromatic nitrogens is 5. The second-order valence-electron chi connectivity index (χ2n) is 15.8. The van der Waals surface area contributed by atoms with Gasteiger partial charge in [0.05, 0.1) is 74.8 Å². The number of amides is 5. The Bertz CT molecular complexity index is 2610. The monoisotopic (exact) mass is 914 g/mol. The minimum Gasteiger partial charge on any atom is -0.457 e. The summed E-state index contributed by atoms with van der Waals surface area (Å²) < 4.78 is 24.4. The maximum absolute atomic E-state index is 13.5. The topological polar surface area (TPSA) is 271 Å². The molecule has 21 nitrogen and oxygen atoms in total. The molecular weight excluding hydrogens is 865 g/mol. The Morgan fingerprint density at radius 1 is 0.851 bits per heavy atom. The highest BCUT2D eigenvalue weighted by Crippen LogP contribution is 2.33. The number of nitrogen functional groups attached to an aromatic ring is 1. The van der Waals surface area contributed by atoms with E-state index in [-0.39, 0.29) is 53.1 Å². The second kappa shape index (κ2) is 21.6. The molecule has 3 aliphatic heterocycles. The average molecular weight is 915 g/mol. The van der Waals surface area contributed by atoms with Gasteiger partial charge in [-0.1, -0.05) is 29.5 Å². The molecule has 5 amide bonds. The third-order valence-electron chi connectivity index (χ3n) is 11.3. The summed E-state index contributed by atoms with van der Waals surface area (Å²) in [5.74, 6) is -0.569. The van der Waals surface area contributed by atoms with Crippen molar-refractivity contribution in [3.63, 3.8) is 0 Å². The van der Waals surface area contributed by atoms with Gasteiger partial charge in [0.1, 0.15) is 35.5 Å². The van der Waals surface area contributed by atoms with Crippen LogP contribution in [0.15, 0.2) is 85.3 Å². The highest BCUT2D eigenvalue weighted by Gasteiger charge is 2.45. The Morgan fingerprint density at radius 2 is 1.60 bits per heavy atom. The van der Waals surface area contributed by atoms with Crippen LogP contribution in [-0.2, 0) is 30.3 Å². The molecule has 21 heteroatoms. The lowest BCUT2D eigenvalue weighted by Gasteiger charge is -2.33. The number of nitrogens with one attached hydrogen (secondary N) is 4. The number of hydrogen-bond donors (Lipinski definition) is 5. The first kappa shape index (κ1) is 45.9. The van der Waals surface area contributed by atoms with Gasteiger partial charge in [-0.05, 0) is 67.8 Å². The van der Waals surface area contributed by atoms with E-state index in [1.54, 1.807) is 58.2 Å². The Hall–Kier alpha value is -7.62. The van der Waals surface area contributed by atoms with E-state index in [0.717, 1.165) is 17.7 Å². The number of hydrogen-bond acceptors (Lipinski definition) is 17. The minimum atomic E-state index is -1.03. The molecule has 3 aliphatic rings. The maximum Gasteiger partial charge on any atom is 0.276 e. The number of imide groups is 2. The van der Waals surface area contributed by atoms with Crippen molar-refractivity contribution < 1.29 is 42.9 Å². The zero-order chi connectivity index (χ0) is 46.7. The van der Waals surface area contributed by atoms with Gasteiger partial charge in [0.25, 0.3) is 17.7 Å². The number of piperidine rings is 2. The van der Waals surface area contributed by atoms with Crippen molar-refractivity contribution in [2.45, 2.75) is 44.3 Å². The molecule has 6 N–H and O–H groups in total. The fourth-order valence-electron chi connectivity index (χ4n) is 7.97. The lowest BCUT2D eigenvalue weighted by Crippen LogP contribution is -2.54. The van der Waals surface area contributed by atoms with Crippen LogP contribution >= 0.6 is 0 Å². The van der Waals surface area contributed by atoms with Crippen LogP contribution in [0.1, 0.15) is 68.0 Å². The number of carbonyl (C=O) groups is 5. The van der Waals surface area contributed by atoms with Gasteiger partial charge in [0, 0.05) is 43.3 Å². The number of carbonyl (C=O) groups excluding carboxylic acids is 5. The van der Waals surface area contributed by atoms with Crippen molar-refractivity contribution in [1.29, 1.82) is 5.41 Å². The van der Waals surface area contributed by atoms with Gasteiger partial charge in [-0.3, -0.25) is 39.6 Å². The van der Waals surface area contributed by atoms with Crippen LogP contribution in [0.2, 0.25) is 0 Å². The van der Waals surface area contributed by atoms with Gasteiger partial charge in [0.2, 0.25) is 11.8 Å². The SMILES string of the molecule is N=C(c1ccc(Oc2ccccc2)cc1)c1c(N)ncnc1NC1CCCN(C(=O)c2cn(CCOCCOCCOCCNc3cccc4c3C(=O)N(C3CCC(=O)NC3=O)C4=O)nn2)C1. The molecule has 67 heavy (non-hydrogen) atoms. The molecule has 2 unspecified atom stereocenters. The number of benzene rings is 3. The normalized spacial score (nSPS) is 17.0. The number of rotatable bonds is 21. The van der Waals surface area contributed by atoms with E-state index in [4.69, 9.17) is 30.1 Å². The lowest BCUT2D eigenvalue weighted by molar-refractivity contribution is -0.136. The van der Waals surface area contributed by atoms with Crippen LogP contribution < -0.4 is 26.4 Å². The van der Waals surface area contributed by atoms with Crippen LogP contribution in [-0.4, -0.2) is 141 Å². The molecular formula is C46H50N12O9. The molecule has 2 fully saturated rings. The first-order valence-corrected chi connectivity index (χ1v) is 21.9. The van der Waals surface area contributed by atoms with Crippen molar-refractivity contribution in [3.05, 3.63) is 113 Å². The van der Waals surface area contributed by atoms with E-state index in [0.29, 0.717) is 100.0 Å². The molecule has 3 aromatic carbocycles. The zero-order valence-corrected chi connectivity index (χ0v) is 36.5. The second-order valence-corrected chi connectivity index (χ2v) is 15.8. The molecule has 0 saturated carbocycles. The first-order chi connectivity index (χ1) is 32.6. The van der Waals surface area contributed by atoms with E-state index < -0.39 is 29.7 Å². The fourth-order valence-corrected chi connectivity index (χ4v) is 7.97. The first-order valence-electron chi connectivity index (χ1n) is 21.9. The van der Waals surface area contributed by atoms with Gasteiger partial charge in [-0.15, -0.1) is 5.10 Å². The van der Waals surface area contributed by atoms with Crippen LogP contribution in [0.25, 0.3) is 0 Å². The number of likely N-dealkylation sites (tertiary alicyclic amines) is 1. The zero-order valence-electron chi connectivity index (χ0n) is 36.5. The molecule has 0 radical (unpaired) electrons. The Kier molecular flexibility index (Phi) is 14.8. The highest BCUT2D eigenvalue weighted by molar-refractivity contribution is 6.25. The highest BCUT2D eigenvalue weighted by atomic mass is 16.5. The summed E-state index contributed by atoms with van der Waals surface area (Å²) in [7, 11) is 0. The molecule has 2 aromatic heterocycles. The molecule has 2 atom stereocenters. The summed E-state index contributed by atoms with van der Waals surface area (Å²) >= 11 is 0. The number of nitrogens with two attached hydrogens (primary N) is 1. The smallest absolute Gasteiger partial charge is 0.276 e. The van der Waals surface area contributed by atoms with Crippen molar-refractivity contribution in [2.24, 2.45) is 0 Å². The number of ether oxygens (including phenoxy) is 4. The Labute approximate surface area is 384 Å². The minimum absolute atomic E-state index is 0.0486.